The van der Waals surface area contributed by atoms with E-state index in [0.717, 1.165) is 5.56 Å². The zero-order chi connectivity index (χ0) is 13.8. The van der Waals surface area contributed by atoms with E-state index in [4.69, 9.17) is 28.3 Å². The largest absolute Gasteiger partial charge is 0.508 e. The number of carbonyl (C=O) groups excluding carboxylic acids is 1. The number of rotatable bonds is 3. The van der Waals surface area contributed by atoms with Crippen LogP contribution in [-0.2, 0) is 6.54 Å². The molecule has 0 aliphatic heterocycles. The molecule has 0 saturated carbocycles. The average molecular weight is 297 g/mol. The van der Waals surface area contributed by atoms with E-state index in [9.17, 15) is 4.79 Å². The molecular formula is C13H10Cl2N2O2. The number of nitrogens with zero attached hydrogens (tertiary/aromatic N) is 1. The van der Waals surface area contributed by atoms with Gasteiger partial charge in [0.15, 0.2) is 0 Å². The van der Waals surface area contributed by atoms with Crippen LogP contribution in [0.25, 0.3) is 0 Å². The van der Waals surface area contributed by atoms with Crippen LogP contribution in [0.5, 0.6) is 5.75 Å². The molecule has 0 saturated heterocycles. The lowest BCUT2D eigenvalue weighted by Gasteiger charge is -2.06. The first-order valence-corrected chi connectivity index (χ1v) is 6.19. The van der Waals surface area contributed by atoms with Crippen LogP contribution in [0, 0.1) is 0 Å². The molecule has 0 aliphatic carbocycles. The molecular weight excluding hydrogens is 287 g/mol. The Hall–Kier alpha value is -1.78. The molecule has 2 rings (SSSR count). The summed E-state index contributed by atoms with van der Waals surface area (Å²) in [6, 6.07) is 9.45. The van der Waals surface area contributed by atoms with Gasteiger partial charge in [-0.15, -0.1) is 0 Å². The normalized spacial score (nSPS) is 10.2. The second kappa shape index (κ2) is 5.91. The van der Waals surface area contributed by atoms with Crippen molar-refractivity contribution in [1.82, 2.24) is 10.3 Å². The Morgan fingerprint density at radius 3 is 2.32 bits per heavy atom. The van der Waals surface area contributed by atoms with Crippen molar-refractivity contribution in [3.05, 3.63) is 57.8 Å². The summed E-state index contributed by atoms with van der Waals surface area (Å²) >= 11 is 11.5. The zero-order valence-corrected chi connectivity index (χ0v) is 11.2. The van der Waals surface area contributed by atoms with E-state index in [2.05, 4.69) is 10.3 Å². The molecule has 0 bridgehead atoms. The third kappa shape index (κ3) is 3.84. The number of carbonyl (C=O) groups is 1. The lowest BCUT2D eigenvalue weighted by atomic mass is 10.2. The molecule has 0 spiro atoms. The van der Waals surface area contributed by atoms with Crippen LogP contribution in [0.4, 0.5) is 0 Å². The van der Waals surface area contributed by atoms with Gasteiger partial charge in [0.05, 0.1) is 0 Å². The number of benzene rings is 1. The van der Waals surface area contributed by atoms with E-state index in [1.165, 1.54) is 12.1 Å². The first-order chi connectivity index (χ1) is 9.04. The molecule has 1 aromatic heterocycles. The van der Waals surface area contributed by atoms with Crippen molar-refractivity contribution >= 4 is 29.1 Å². The summed E-state index contributed by atoms with van der Waals surface area (Å²) in [6.45, 7) is 0.344. The van der Waals surface area contributed by atoms with E-state index < -0.39 is 0 Å². The van der Waals surface area contributed by atoms with Crippen molar-refractivity contribution in [1.29, 1.82) is 0 Å². The van der Waals surface area contributed by atoms with Gasteiger partial charge in [0, 0.05) is 12.1 Å². The highest BCUT2D eigenvalue weighted by atomic mass is 35.5. The SMILES string of the molecule is O=C(NCc1ccc(O)cc1)c1cc(Cl)nc(Cl)c1. The van der Waals surface area contributed by atoms with E-state index in [-0.39, 0.29) is 22.0 Å². The smallest absolute Gasteiger partial charge is 0.251 e. The van der Waals surface area contributed by atoms with E-state index in [0.29, 0.717) is 12.1 Å². The molecule has 0 atom stereocenters. The number of phenolic OH excluding ortho intramolecular Hbond substituents is 1. The number of halogens is 2. The van der Waals surface area contributed by atoms with Crippen molar-refractivity contribution in [3.8, 4) is 5.75 Å². The van der Waals surface area contributed by atoms with Gasteiger partial charge < -0.3 is 10.4 Å². The zero-order valence-electron chi connectivity index (χ0n) is 9.73. The summed E-state index contributed by atoms with van der Waals surface area (Å²) < 4.78 is 0. The molecule has 98 valence electrons. The fourth-order valence-electron chi connectivity index (χ4n) is 1.49. The van der Waals surface area contributed by atoms with Gasteiger partial charge in [-0.1, -0.05) is 35.3 Å². The summed E-state index contributed by atoms with van der Waals surface area (Å²) in [7, 11) is 0. The molecule has 0 fully saturated rings. The van der Waals surface area contributed by atoms with Gasteiger partial charge >= 0.3 is 0 Å². The van der Waals surface area contributed by atoms with Crippen LogP contribution >= 0.6 is 23.2 Å². The van der Waals surface area contributed by atoms with Crippen LogP contribution in [-0.4, -0.2) is 16.0 Å². The molecule has 2 aromatic rings. The lowest BCUT2D eigenvalue weighted by Crippen LogP contribution is -2.22. The Balaban J connectivity index is 2.03. The molecule has 0 aliphatic rings. The second-order valence-corrected chi connectivity index (χ2v) is 4.62. The van der Waals surface area contributed by atoms with Crippen LogP contribution in [0.1, 0.15) is 15.9 Å². The van der Waals surface area contributed by atoms with Crippen molar-refractivity contribution in [2.75, 3.05) is 0 Å². The van der Waals surface area contributed by atoms with Crippen LogP contribution < -0.4 is 5.32 Å². The minimum Gasteiger partial charge on any atom is -0.508 e. The number of aromatic nitrogens is 1. The second-order valence-electron chi connectivity index (χ2n) is 3.85. The van der Waals surface area contributed by atoms with Crippen molar-refractivity contribution in [2.24, 2.45) is 0 Å². The number of amides is 1. The first kappa shape index (κ1) is 13.6. The van der Waals surface area contributed by atoms with Gasteiger partial charge in [-0.05, 0) is 29.8 Å². The molecule has 0 radical (unpaired) electrons. The molecule has 2 N–H and O–H groups in total. The summed E-state index contributed by atoms with van der Waals surface area (Å²) in [5.41, 5.74) is 1.22. The molecule has 19 heavy (non-hydrogen) atoms. The van der Waals surface area contributed by atoms with E-state index >= 15 is 0 Å². The highest BCUT2D eigenvalue weighted by Gasteiger charge is 2.08. The van der Waals surface area contributed by atoms with Crippen LogP contribution in [0.2, 0.25) is 10.3 Å². The highest BCUT2D eigenvalue weighted by Crippen LogP contribution is 2.15. The average Bonchev–Trinajstić information content (AvgIpc) is 2.36. The molecule has 1 heterocycles. The Kier molecular flexibility index (Phi) is 4.24. The van der Waals surface area contributed by atoms with Gasteiger partial charge in [-0.2, -0.15) is 0 Å². The first-order valence-electron chi connectivity index (χ1n) is 5.44. The van der Waals surface area contributed by atoms with Crippen LogP contribution in [0.3, 0.4) is 0 Å². The third-order valence-electron chi connectivity index (χ3n) is 2.41. The predicted molar refractivity (Wildman–Crippen MR) is 73.5 cm³/mol. The Morgan fingerprint density at radius 1 is 1.16 bits per heavy atom. The molecule has 1 amide bonds. The molecule has 1 aromatic carbocycles. The minimum absolute atomic E-state index is 0.169. The Labute approximate surface area is 120 Å². The maximum atomic E-state index is 11.9. The van der Waals surface area contributed by atoms with Gasteiger partial charge in [0.25, 0.3) is 5.91 Å². The Morgan fingerprint density at radius 2 is 1.74 bits per heavy atom. The van der Waals surface area contributed by atoms with Crippen LogP contribution in [0.15, 0.2) is 36.4 Å². The monoisotopic (exact) mass is 296 g/mol. The summed E-state index contributed by atoms with van der Waals surface area (Å²) in [5.74, 6) is -0.109. The summed E-state index contributed by atoms with van der Waals surface area (Å²) in [6.07, 6.45) is 0. The number of pyridine rings is 1. The minimum atomic E-state index is -0.292. The molecule has 0 unspecified atom stereocenters. The maximum Gasteiger partial charge on any atom is 0.251 e. The molecule has 6 heteroatoms. The van der Waals surface area contributed by atoms with Crippen molar-refractivity contribution < 1.29 is 9.90 Å². The van der Waals surface area contributed by atoms with E-state index in [1.54, 1.807) is 24.3 Å². The van der Waals surface area contributed by atoms with Gasteiger partial charge in [0.1, 0.15) is 16.1 Å². The third-order valence-corrected chi connectivity index (χ3v) is 2.80. The Bertz CT molecular complexity index is 580. The molecule has 4 nitrogen and oxygen atoms in total. The number of phenols is 1. The van der Waals surface area contributed by atoms with Crippen molar-refractivity contribution in [3.63, 3.8) is 0 Å². The fraction of sp³-hybridized carbons (Fsp3) is 0.0769. The number of aromatic hydroxyl groups is 1. The summed E-state index contributed by atoms with van der Waals surface area (Å²) in [5, 5.41) is 12.2. The number of hydrogen-bond donors (Lipinski definition) is 2. The topological polar surface area (TPSA) is 62.2 Å². The fourth-order valence-corrected chi connectivity index (χ4v) is 1.95. The van der Waals surface area contributed by atoms with Gasteiger partial charge in [-0.25, -0.2) is 4.98 Å². The van der Waals surface area contributed by atoms with Gasteiger partial charge in [0.2, 0.25) is 0 Å². The van der Waals surface area contributed by atoms with Gasteiger partial charge in [-0.3, -0.25) is 4.79 Å². The predicted octanol–water partition coefficient (Wildman–Crippen LogP) is 3.02. The van der Waals surface area contributed by atoms with Crippen molar-refractivity contribution in [2.45, 2.75) is 6.54 Å². The highest BCUT2D eigenvalue weighted by molar-refractivity contribution is 6.33. The number of hydrogen-bond acceptors (Lipinski definition) is 3. The maximum absolute atomic E-state index is 11.9. The van der Waals surface area contributed by atoms with E-state index in [1.807, 2.05) is 0 Å². The quantitative estimate of drug-likeness (QED) is 0.856. The lowest BCUT2D eigenvalue weighted by molar-refractivity contribution is 0.0951. The summed E-state index contributed by atoms with van der Waals surface area (Å²) in [4.78, 5) is 15.7. The standard InChI is InChI=1S/C13H10Cl2N2O2/c14-11-5-9(6-12(15)17-11)13(19)16-7-8-1-3-10(18)4-2-8/h1-6,18H,7H2,(H,16,19). The number of nitrogens with one attached hydrogen (secondary N) is 1.